The molecule has 0 radical (unpaired) electrons. The van der Waals surface area contributed by atoms with Crippen LogP contribution >= 0.6 is 23.4 Å². The van der Waals surface area contributed by atoms with Crippen molar-refractivity contribution in [2.75, 3.05) is 5.75 Å². The molecule has 0 aliphatic carbocycles. The van der Waals surface area contributed by atoms with Gasteiger partial charge in [0.15, 0.2) is 0 Å². The molecule has 0 fully saturated rings. The Hall–Kier alpha value is -0.280. The van der Waals surface area contributed by atoms with Gasteiger partial charge in [0.25, 0.3) is 0 Å². The number of nitrogens with zero attached hydrogens (tertiary/aromatic N) is 2. The topological polar surface area (TPSA) is 25.8 Å². The van der Waals surface area contributed by atoms with Crippen LogP contribution in [0.25, 0.3) is 0 Å². The van der Waals surface area contributed by atoms with Crippen LogP contribution in [-0.2, 0) is 0 Å². The van der Waals surface area contributed by atoms with Crippen LogP contribution in [0.4, 0.5) is 0 Å². The second-order valence-corrected chi connectivity index (χ2v) is 5.06. The van der Waals surface area contributed by atoms with Crippen molar-refractivity contribution in [3.63, 3.8) is 0 Å². The van der Waals surface area contributed by atoms with Gasteiger partial charge in [-0.3, -0.25) is 0 Å². The van der Waals surface area contributed by atoms with Crippen molar-refractivity contribution in [1.82, 2.24) is 9.97 Å². The van der Waals surface area contributed by atoms with Gasteiger partial charge in [-0.25, -0.2) is 9.97 Å². The van der Waals surface area contributed by atoms with E-state index < -0.39 is 0 Å². The van der Waals surface area contributed by atoms with Gasteiger partial charge >= 0.3 is 0 Å². The number of aryl methyl sites for hydroxylation is 1. The summed E-state index contributed by atoms with van der Waals surface area (Å²) in [5.74, 6) is 2.47. The largest absolute Gasteiger partial charge is 0.227 e. The fourth-order valence-electron chi connectivity index (χ4n) is 0.956. The van der Waals surface area contributed by atoms with E-state index in [1.54, 1.807) is 11.8 Å². The minimum absolute atomic E-state index is 0.573. The average Bonchev–Trinajstić information content (AvgIpc) is 2.08. The van der Waals surface area contributed by atoms with Crippen molar-refractivity contribution >= 4 is 23.4 Å². The van der Waals surface area contributed by atoms with Crippen LogP contribution in [0, 0.1) is 19.8 Å². The molecule has 0 bridgehead atoms. The average molecular weight is 231 g/mol. The number of hydrogen-bond donors (Lipinski definition) is 0. The highest BCUT2D eigenvalue weighted by atomic mass is 35.5. The molecule has 0 saturated heterocycles. The van der Waals surface area contributed by atoms with E-state index in [1.807, 2.05) is 13.8 Å². The maximum absolute atomic E-state index is 5.97. The molecule has 1 aromatic rings. The summed E-state index contributed by atoms with van der Waals surface area (Å²) >= 11 is 7.72. The van der Waals surface area contributed by atoms with Gasteiger partial charge in [0.1, 0.15) is 16.0 Å². The van der Waals surface area contributed by atoms with Crippen LogP contribution in [0.1, 0.15) is 25.2 Å². The zero-order chi connectivity index (χ0) is 10.7. The molecule has 14 heavy (non-hydrogen) atoms. The van der Waals surface area contributed by atoms with E-state index in [2.05, 4.69) is 23.8 Å². The highest BCUT2D eigenvalue weighted by Crippen LogP contribution is 2.26. The summed E-state index contributed by atoms with van der Waals surface area (Å²) in [7, 11) is 0. The lowest BCUT2D eigenvalue weighted by atomic mass is 10.3. The van der Waals surface area contributed by atoms with E-state index in [4.69, 9.17) is 11.6 Å². The number of rotatable bonds is 3. The molecule has 0 unspecified atom stereocenters. The minimum atomic E-state index is 0.573. The lowest BCUT2D eigenvalue weighted by molar-refractivity contribution is 0.748. The van der Waals surface area contributed by atoms with Crippen LogP contribution in [0.3, 0.4) is 0 Å². The first-order valence-electron chi connectivity index (χ1n) is 4.64. The summed E-state index contributed by atoms with van der Waals surface area (Å²) in [5, 5.41) is 1.58. The molecule has 0 aliphatic heterocycles. The summed E-state index contributed by atoms with van der Waals surface area (Å²) < 4.78 is 0. The SMILES string of the molecule is Cc1nc(Cl)c(C)c(SCC(C)C)n1. The molecule has 78 valence electrons. The third-order valence-corrected chi connectivity index (χ3v) is 3.58. The Morgan fingerprint density at radius 3 is 2.50 bits per heavy atom. The second kappa shape index (κ2) is 4.99. The molecule has 0 saturated carbocycles. The Bertz CT molecular complexity index is 326. The van der Waals surface area contributed by atoms with Crippen molar-refractivity contribution in [1.29, 1.82) is 0 Å². The Balaban J connectivity index is 2.85. The molecule has 0 aliphatic rings. The van der Waals surface area contributed by atoms with Crippen LogP contribution < -0.4 is 0 Å². The highest BCUT2D eigenvalue weighted by molar-refractivity contribution is 7.99. The van der Waals surface area contributed by atoms with Gasteiger partial charge in [-0.1, -0.05) is 25.4 Å². The van der Waals surface area contributed by atoms with Gasteiger partial charge in [0, 0.05) is 11.3 Å². The van der Waals surface area contributed by atoms with E-state index in [0.717, 1.165) is 22.2 Å². The predicted octanol–water partition coefficient (Wildman–Crippen LogP) is 3.49. The zero-order valence-corrected chi connectivity index (χ0v) is 10.5. The third-order valence-electron chi connectivity index (χ3n) is 1.71. The molecule has 0 atom stereocenters. The van der Waals surface area contributed by atoms with Crippen molar-refractivity contribution in [3.8, 4) is 0 Å². The van der Waals surface area contributed by atoms with E-state index in [0.29, 0.717) is 11.1 Å². The molecular weight excluding hydrogens is 216 g/mol. The summed E-state index contributed by atoms with van der Waals surface area (Å²) in [4.78, 5) is 8.47. The Kier molecular flexibility index (Phi) is 4.20. The smallest absolute Gasteiger partial charge is 0.136 e. The van der Waals surface area contributed by atoms with E-state index >= 15 is 0 Å². The molecule has 2 nitrogen and oxygen atoms in total. The summed E-state index contributed by atoms with van der Waals surface area (Å²) in [5.41, 5.74) is 0.989. The van der Waals surface area contributed by atoms with Gasteiger partial charge in [0.2, 0.25) is 0 Å². The quantitative estimate of drug-likeness (QED) is 0.587. The van der Waals surface area contributed by atoms with Gasteiger partial charge in [0.05, 0.1) is 0 Å². The predicted molar refractivity (Wildman–Crippen MR) is 62.1 cm³/mol. The fraction of sp³-hybridized carbons (Fsp3) is 0.600. The second-order valence-electron chi connectivity index (χ2n) is 3.70. The third kappa shape index (κ3) is 3.14. The first-order valence-corrected chi connectivity index (χ1v) is 6.00. The lowest BCUT2D eigenvalue weighted by Crippen LogP contribution is -1.98. The van der Waals surface area contributed by atoms with Crippen LogP contribution in [-0.4, -0.2) is 15.7 Å². The van der Waals surface area contributed by atoms with E-state index in [1.165, 1.54) is 0 Å². The van der Waals surface area contributed by atoms with Gasteiger partial charge < -0.3 is 0 Å². The van der Waals surface area contributed by atoms with Crippen LogP contribution in [0.15, 0.2) is 5.03 Å². The van der Waals surface area contributed by atoms with Crippen molar-refractivity contribution in [3.05, 3.63) is 16.5 Å². The van der Waals surface area contributed by atoms with E-state index in [-0.39, 0.29) is 0 Å². The summed E-state index contributed by atoms with van der Waals surface area (Å²) in [6.45, 7) is 8.21. The summed E-state index contributed by atoms with van der Waals surface area (Å²) in [6.07, 6.45) is 0. The van der Waals surface area contributed by atoms with Crippen molar-refractivity contribution in [2.45, 2.75) is 32.7 Å². The van der Waals surface area contributed by atoms with Crippen LogP contribution in [0.2, 0.25) is 5.15 Å². The van der Waals surface area contributed by atoms with E-state index in [9.17, 15) is 0 Å². The highest BCUT2D eigenvalue weighted by Gasteiger charge is 2.08. The Morgan fingerprint density at radius 2 is 1.93 bits per heavy atom. The number of halogens is 1. The molecule has 0 N–H and O–H groups in total. The molecule has 0 spiro atoms. The first-order chi connectivity index (χ1) is 6.50. The number of thioether (sulfide) groups is 1. The molecule has 4 heteroatoms. The zero-order valence-electron chi connectivity index (χ0n) is 8.97. The van der Waals surface area contributed by atoms with Gasteiger partial charge in [-0.05, 0) is 19.8 Å². The molecule has 1 rings (SSSR count). The molecular formula is C10H15ClN2S. The van der Waals surface area contributed by atoms with Gasteiger partial charge in [-0.2, -0.15) is 0 Å². The molecule has 0 aromatic carbocycles. The molecule has 1 heterocycles. The summed E-state index contributed by atoms with van der Waals surface area (Å²) in [6, 6.07) is 0. The van der Waals surface area contributed by atoms with Gasteiger partial charge in [-0.15, -0.1) is 11.8 Å². The lowest BCUT2D eigenvalue weighted by Gasteiger charge is -2.08. The number of hydrogen-bond acceptors (Lipinski definition) is 3. The minimum Gasteiger partial charge on any atom is -0.227 e. The standard InChI is InChI=1S/C10H15ClN2S/c1-6(2)5-14-10-7(3)9(11)12-8(4)13-10/h6H,5H2,1-4H3. The van der Waals surface area contributed by atoms with Crippen molar-refractivity contribution < 1.29 is 0 Å². The maximum Gasteiger partial charge on any atom is 0.136 e. The Morgan fingerprint density at radius 1 is 1.29 bits per heavy atom. The van der Waals surface area contributed by atoms with Crippen LogP contribution in [0.5, 0.6) is 0 Å². The maximum atomic E-state index is 5.97. The number of aromatic nitrogens is 2. The fourth-order valence-corrected chi connectivity index (χ4v) is 2.22. The Labute approximate surface area is 94.5 Å². The monoisotopic (exact) mass is 230 g/mol. The van der Waals surface area contributed by atoms with Crippen molar-refractivity contribution in [2.24, 2.45) is 5.92 Å². The first kappa shape index (κ1) is 11.8. The molecule has 1 aromatic heterocycles. The normalized spacial score (nSPS) is 11.0. The molecule has 0 amide bonds.